The number of esters is 1. The number of nitrogens with two attached hydrogens (primary N) is 3. The number of methoxy groups -OCH3 is 1. The summed E-state index contributed by atoms with van der Waals surface area (Å²) in [6, 6.07) is 5.11. The maximum atomic E-state index is 11.0. The number of nitriles is 3. The lowest BCUT2D eigenvalue weighted by atomic mass is 10.1. The average molecular weight is 501 g/mol. The molecule has 0 saturated heterocycles. The van der Waals surface area contributed by atoms with E-state index < -0.39 is 5.97 Å². The number of carbonyl (C=O) groups excluding carboxylic acids is 4. The quantitative estimate of drug-likeness (QED) is 0.131. The molecule has 0 aromatic rings. The third-order valence-electron chi connectivity index (χ3n) is 2.94. The highest BCUT2D eigenvalue weighted by Crippen LogP contribution is 1.98. The summed E-state index contributed by atoms with van der Waals surface area (Å²) in [5.41, 5.74) is 15.4. The number of rotatable bonds is 11. The predicted molar refractivity (Wildman–Crippen MR) is 127 cm³/mol. The smallest absolute Gasteiger partial charge is 0.319 e. The van der Waals surface area contributed by atoms with E-state index in [1.807, 2.05) is 0 Å². The van der Waals surface area contributed by atoms with Crippen LogP contribution >= 0.6 is 0 Å². The molecule has 0 bridgehead atoms. The van der Waals surface area contributed by atoms with Crippen LogP contribution < -0.4 is 27.8 Å². The van der Waals surface area contributed by atoms with Crippen LogP contribution in [-0.2, 0) is 23.9 Å². The number of carbonyl (C=O) groups is 4. The average Bonchev–Trinajstić information content (AvgIpc) is 2.81. The molecule has 0 atom stereocenters. The van der Waals surface area contributed by atoms with Gasteiger partial charge in [-0.15, -0.1) is 0 Å². The van der Waals surface area contributed by atoms with Gasteiger partial charge < -0.3 is 32.6 Å². The van der Waals surface area contributed by atoms with Crippen molar-refractivity contribution in [1.82, 2.24) is 10.6 Å². The van der Waals surface area contributed by atoms with E-state index in [4.69, 9.17) is 33.0 Å². The molecule has 0 radical (unpaired) electrons. The number of nitrogens with one attached hydrogen (secondary N) is 2. The van der Waals surface area contributed by atoms with Gasteiger partial charge in [-0.1, -0.05) is 6.58 Å². The highest BCUT2D eigenvalue weighted by atomic mass is 19.0. The number of hydrogen-bond acceptors (Lipinski definition) is 11. The monoisotopic (exact) mass is 500 g/mol. The van der Waals surface area contributed by atoms with E-state index in [9.17, 15) is 19.2 Å². The number of halogens is 1. The zero-order valence-corrected chi connectivity index (χ0v) is 20.3. The van der Waals surface area contributed by atoms with Crippen molar-refractivity contribution in [2.45, 2.75) is 39.0 Å². The highest BCUT2D eigenvalue weighted by molar-refractivity contribution is 5.94. The molecule has 0 aliphatic rings. The second-order valence-corrected chi connectivity index (χ2v) is 5.95. The van der Waals surface area contributed by atoms with Crippen LogP contribution in [0.2, 0.25) is 0 Å². The lowest BCUT2D eigenvalue weighted by Gasteiger charge is -2.01. The minimum atomic E-state index is -0.484. The van der Waals surface area contributed by atoms with E-state index in [1.54, 1.807) is 25.1 Å². The number of hydrogen-bond donors (Lipinski definition) is 5. The number of allylic oxidation sites excluding steroid dienone is 1. The van der Waals surface area contributed by atoms with Crippen LogP contribution in [0.5, 0.6) is 0 Å². The van der Waals surface area contributed by atoms with Crippen LogP contribution in [0.4, 0.5) is 4.70 Å². The molecule has 0 aliphatic heterocycles. The van der Waals surface area contributed by atoms with E-state index in [2.05, 4.69) is 21.9 Å². The van der Waals surface area contributed by atoms with Crippen molar-refractivity contribution in [3.63, 3.8) is 0 Å². The zero-order valence-electron chi connectivity index (χ0n) is 20.3. The first kappa shape index (κ1) is 41.4. The molecule has 13 nitrogen and oxygen atoms in total. The van der Waals surface area contributed by atoms with Crippen molar-refractivity contribution >= 4 is 23.6 Å². The molecule has 198 valence electrons. The SMILES string of the molecule is C=C(C)C(=O)CCCNC(=O)CC#N.COC(=O)CC#N.F.N#CCC(=O)NCCN.NCCN. The maximum Gasteiger partial charge on any atom is 0.319 e. The molecule has 0 rings (SSSR count). The van der Waals surface area contributed by atoms with Gasteiger partial charge in [0.2, 0.25) is 11.8 Å². The standard InChI is InChI=1S/C10H14N2O2.C5H9N3O.C4H5NO2.C2H8N2.FH/c1-8(2)9(13)4-3-7-12-10(14)5-6-11;6-2-1-5(9)8-4-3-7;1-7-4(6)2-3-5;3-1-2-4;/h1,3-5,7H2,2H3,(H,12,14);1,3-4,7H2,(H,8,9);2H2,1H3;1-4H2;1H. The second-order valence-electron chi connectivity index (χ2n) is 5.95. The summed E-state index contributed by atoms with van der Waals surface area (Å²) in [5.74, 6) is -1.03. The first-order valence-electron chi connectivity index (χ1n) is 10.1. The molecular weight excluding hydrogens is 463 g/mol. The molecule has 0 heterocycles. The second kappa shape index (κ2) is 34.7. The minimum absolute atomic E-state index is 0. The molecule has 0 unspecified atom stereocenters. The van der Waals surface area contributed by atoms with Crippen molar-refractivity contribution in [3.8, 4) is 18.2 Å². The third-order valence-corrected chi connectivity index (χ3v) is 2.94. The summed E-state index contributed by atoms with van der Waals surface area (Å²) in [6.07, 6.45) is 0.607. The van der Waals surface area contributed by atoms with Gasteiger partial charge in [-0.25, -0.2) is 0 Å². The highest BCUT2D eigenvalue weighted by Gasteiger charge is 2.03. The fraction of sp³-hybridized carbons (Fsp3) is 0.571. The Kier molecular flexibility index (Phi) is 41.0. The Morgan fingerprint density at radius 1 is 0.829 bits per heavy atom. The Morgan fingerprint density at radius 3 is 1.54 bits per heavy atom. The minimum Gasteiger partial charge on any atom is -0.468 e. The Hall–Kier alpha value is -3.90. The van der Waals surface area contributed by atoms with Gasteiger partial charge in [-0.2, -0.15) is 15.8 Å². The van der Waals surface area contributed by atoms with Gasteiger partial charge in [0.25, 0.3) is 0 Å². The van der Waals surface area contributed by atoms with Crippen LogP contribution in [0.15, 0.2) is 12.2 Å². The topological polar surface area (TPSA) is 251 Å². The maximum absolute atomic E-state index is 11.0. The number of nitrogens with zero attached hydrogens (tertiary/aromatic N) is 3. The molecule has 8 N–H and O–H groups in total. The number of amides is 2. The van der Waals surface area contributed by atoms with Crippen molar-refractivity contribution in [3.05, 3.63) is 12.2 Å². The first-order chi connectivity index (χ1) is 16.1. The van der Waals surface area contributed by atoms with Gasteiger partial charge in [-0.3, -0.25) is 23.9 Å². The number of ether oxygens (including phenoxy) is 1. The molecule has 0 aromatic carbocycles. The van der Waals surface area contributed by atoms with E-state index >= 15 is 0 Å². The predicted octanol–water partition coefficient (Wildman–Crippen LogP) is -0.954. The largest absolute Gasteiger partial charge is 0.468 e. The van der Waals surface area contributed by atoms with Crippen molar-refractivity contribution in [2.24, 2.45) is 17.2 Å². The summed E-state index contributed by atoms with van der Waals surface area (Å²) in [7, 11) is 1.25. The fourth-order valence-corrected chi connectivity index (χ4v) is 1.31. The normalized spacial score (nSPS) is 7.83. The van der Waals surface area contributed by atoms with E-state index in [0.29, 0.717) is 51.1 Å². The van der Waals surface area contributed by atoms with Crippen molar-refractivity contribution < 1.29 is 28.6 Å². The summed E-state index contributed by atoms with van der Waals surface area (Å²) >= 11 is 0. The molecule has 0 fully saturated rings. The van der Waals surface area contributed by atoms with Gasteiger partial charge in [-0.05, 0) is 18.9 Å². The zero-order chi connectivity index (χ0) is 27.2. The number of Topliss-reactive ketones (excluding diaryl/α,β-unsaturated/α-hetero) is 1. The van der Waals surface area contributed by atoms with Gasteiger partial charge >= 0.3 is 5.97 Å². The summed E-state index contributed by atoms with van der Waals surface area (Å²) in [6.45, 7) is 7.67. The van der Waals surface area contributed by atoms with Crippen LogP contribution in [0, 0.1) is 34.0 Å². The summed E-state index contributed by atoms with van der Waals surface area (Å²) in [4.78, 5) is 42.2. The van der Waals surface area contributed by atoms with Gasteiger partial charge in [0.1, 0.15) is 19.3 Å². The van der Waals surface area contributed by atoms with Gasteiger partial charge in [0.05, 0.1) is 25.3 Å². The Labute approximate surface area is 205 Å². The summed E-state index contributed by atoms with van der Waals surface area (Å²) in [5, 5.41) is 29.0. The Balaban J connectivity index is -0.000000124. The van der Waals surface area contributed by atoms with Crippen LogP contribution in [0.3, 0.4) is 0 Å². The fourth-order valence-electron chi connectivity index (χ4n) is 1.31. The molecule has 0 spiro atoms. The Morgan fingerprint density at radius 2 is 1.26 bits per heavy atom. The van der Waals surface area contributed by atoms with E-state index in [-0.39, 0.29) is 41.6 Å². The van der Waals surface area contributed by atoms with Gasteiger partial charge in [0, 0.05) is 39.1 Å². The van der Waals surface area contributed by atoms with E-state index in [0.717, 1.165) is 0 Å². The Bertz CT molecular complexity index is 725. The molecule has 35 heavy (non-hydrogen) atoms. The van der Waals surface area contributed by atoms with Crippen molar-refractivity contribution in [2.75, 3.05) is 39.8 Å². The van der Waals surface area contributed by atoms with Crippen LogP contribution in [-0.4, -0.2) is 63.4 Å². The lowest BCUT2D eigenvalue weighted by molar-refractivity contribution is -0.139. The summed E-state index contributed by atoms with van der Waals surface area (Å²) < 4.78 is 4.13. The molecule has 0 aliphatic carbocycles. The first-order valence-corrected chi connectivity index (χ1v) is 10.1. The molecule has 2 amide bonds. The van der Waals surface area contributed by atoms with E-state index in [1.165, 1.54) is 7.11 Å². The van der Waals surface area contributed by atoms with Gasteiger partial charge in [0.15, 0.2) is 5.78 Å². The molecular formula is C21H37FN8O5. The third kappa shape index (κ3) is 44.5. The van der Waals surface area contributed by atoms with Crippen LogP contribution in [0.25, 0.3) is 0 Å². The molecule has 0 saturated carbocycles. The lowest BCUT2D eigenvalue weighted by Crippen LogP contribution is -2.28. The van der Waals surface area contributed by atoms with Crippen LogP contribution in [0.1, 0.15) is 39.0 Å². The molecule has 14 heteroatoms. The number of ketones is 1. The van der Waals surface area contributed by atoms with Crippen molar-refractivity contribution in [1.29, 1.82) is 15.8 Å². The molecule has 0 aromatic heterocycles.